The van der Waals surface area contributed by atoms with Gasteiger partial charge in [-0.1, -0.05) is 24.3 Å². The van der Waals surface area contributed by atoms with Gasteiger partial charge in [-0.2, -0.15) is 0 Å². The first-order chi connectivity index (χ1) is 14.0. The number of hydrogen-bond donors (Lipinski definition) is 2. The summed E-state index contributed by atoms with van der Waals surface area (Å²) < 4.78 is 0. The molecule has 7 nitrogen and oxygen atoms in total. The third-order valence-corrected chi connectivity index (χ3v) is 6.26. The van der Waals surface area contributed by atoms with Crippen molar-refractivity contribution in [2.24, 2.45) is 0 Å². The molecule has 2 aliphatic rings. The van der Waals surface area contributed by atoms with Gasteiger partial charge in [-0.3, -0.25) is 19.5 Å². The number of hydrogen-bond acceptors (Lipinski definition) is 5. The highest BCUT2D eigenvalue weighted by Crippen LogP contribution is 2.26. The smallest absolute Gasteiger partial charge is 0.270 e. The van der Waals surface area contributed by atoms with Crippen molar-refractivity contribution >= 4 is 22.6 Å². The van der Waals surface area contributed by atoms with Crippen molar-refractivity contribution in [1.82, 2.24) is 20.1 Å². The number of carbonyl (C=O) groups excluding carboxylic acids is 2. The van der Waals surface area contributed by atoms with Gasteiger partial charge in [0, 0.05) is 50.7 Å². The summed E-state index contributed by atoms with van der Waals surface area (Å²) in [6.07, 6.45) is 3.61. The van der Waals surface area contributed by atoms with E-state index in [2.05, 4.69) is 15.2 Å². The molecule has 2 amide bonds. The number of carbonyl (C=O) groups is 2. The number of aliphatic hydroxyl groups excluding tert-OH is 1. The molecular formula is C22H28N4O3. The molecule has 0 bridgehead atoms. The van der Waals surface area contributed by atoms with Crippen LogP contribution in [0.15, 0.2) is 36.5 Å². The Morgan fingerprint density at radius 2 is 1.86 bits per heavy atom. The minimum absolute atomic E-state index is 0.00337. The van der Waals surface area contributed by atoms with E-state index in [0.717, 1.165) is 43.1 Å². The first-order valence-electron chi connectivity index (χ1n) is 10.4. The van der Waals surface area contributed by atoms with E-state index in [1.807, 2.05) is 35.2 Å². The first-order valence-corrected chi connectivity index (χ1v) is 10.4. The van der Waals surface area contributed by atoms with Gasteiger partial charge in [0.15, 0.2) is 0 Å². The van der Waals surface area contributed by atoms with Crippen LogP contribution in [0.3, 0.4) is 0 Å². The van der Waals surface area contributed by atoms with Gasteiger partial charge in [-0.25, -0.2) is 0 Å². The second-order valence-corrected chi connectivity index (χ2v) is 7.99. The maximum absolute atomic E-state index is 12.9. The molecule has 1 aliphatic heterocycles. The molecule has 29 heavy (non-hydrogen) atoms. The molecule has 1 saturated heterocycles. The Hall–Kier alpha value is -2.51. The third-order valence-electron chi connectivity index (χ3n) is 6.26. The summed E-state index contributed by atoms with van der Waals surface area (Å²) in [5.74, 6) is -0.144. The number of aromatic nitrogens is 1. The number of fused-ring (bicyclic) bond motifs is 1. The van der Waals surface area contributed by atoms with E-state index in [4.69, 9.17) is 0 Å². The number of rotatable bonds is 3. The fraction of sp³-hybridized carbons (Fsp3) is 0.500. The van der Waals surface area contributed by atoms with Gasteiger partial charge in [-0.15, -0.1) is 0 Å². The summed E-state index contributed by atoms with van der Waals surface area (Å²) in [5.41, 5.74) is 0.396. The monoisotopic (exact) mass is 396 g/mol. The van der Waals surface area contributed by atoms with Gasteiger partial charge in [0.05, 0.1) is 12.1 Å². The van der Waals surface area contributed by atoms with E-state index in [1.165, 1.54) is 0 Å². The predicted octanol–water partition coefficient (Wildman–Crippen LogP) is 1.41. The number of pyridine rings is 1. The number of nitrogens with one attached hydrogen (secondary N) is 1. The minimum atomic E-state index is -0.633. The van der Waals surface area contributed by atoms with Gasteiger partial charge in [-0.05, 0) is 30.7 Å². The largest absolute Gasteiger partial charge is 0.389 e. The van der Waals surface area contributed by atoms with Gasteiger partial charge < -0.3 is 15.3 Å². The van der Waals surface area contributed by atoms with Gasteiger partial charge >= 0.3 is 0 Å². The summed E-state index contributed by atoms with van der Waals surface area (Å²) in [6.45, 7) is 4.49. The van der Waals surface area contributed by atoms with Crippen molar-refractivity contribution < 1.29 is 14.7 Å². The highest BCUT2D eigenvalue weighted by molar-refractivity contribution is 6.05. The van der Waals surface area contributed by atoms with Crippen LogP contribution in [0, 0.1) is 0 Å². The highest BCUT2D eigenvalue weighted by Gasteiger charge is 2.37. The molecule has 4 rings (SSSR count). The number of piperazine rings is 1. The zero-order valence-electron chi connectivity index (χ0n) is 16.8. The maximum atomic E-state index is 12.9. The number of nitrogens with zero attached hydrogens (tertiary/aromatic N) is 3. The van der Waals surface area contributed by atoms with Crippen LogP contribution in [0.5, 0.6) is 0 Å². The van der Waals surface area contributed by atoms with Crippen molar-refractivity contribution in [3.63, 3.8) is 0 Å². The zero-order chi connectivity index (χ0) is 20.4. The minimum Gasteiger partial charge on any atom is -0.389 e. The van der Waals surface area contributed by atoms with E-state index in [-0.39, 0.29) is 23.9 Å². The van der Waals surface area contributed by atoms with E-state index < -0.39 is 6.10 Å². The van der Waals surface area contributed by atoms with Crippen LogP contribution in [0.4, 0.5) is 0 Å². The second kappa shape index (κ2) is 8.47. The van der Waals surface area contributed by atoms with Crippen molar-refractivity contribution in [3.8, 4) is 0 Å². The fourth-order valence-corrected chi connectivity index (χ4v) is 4.62. The Labute approximate surface area is 170 Å². The normalized spacial score (nSPS) is 25.7. The molecule has 1 aromatic carbocycles. The van der Waals surface area contributed by atoms with Crippen LogP contribution in [0.25, 0.3) is 10.8 Å². The van der Waals surface area contributed by atoms with E-state index in [0.29, 0.717) is 18.8 Å². The Morgan fingerprint density at radius 3 is 2.62 bits per heavy atom. The quantitative estimate of drug-likeness (QED) is 0.819. The third kappa shape index (κ3) is 4.11. The Balaban J connectivity index is 1.44. The standard InChI is InChI=1S/C22H28N4O3/c1-15(27)25-11-13-26(14-12-25)19-8-4-7-18(21(19)28)24-22(29)20-17-6-3-2-5-16(17)9-10-23-20/h2-3,5-6,9-10,18-19,21,28H,4,7-8,11-14H2,1H3,(H,24,29)/t18-,19-,21-/m1/s1. The molecule has 0 unspecified atom stereocenters. The first kappa shape index (κ1) is 19.8. The molecule has 1 saturated carbocycles. The van der Waals surface area contributed by atoms with Crippen molar-refractivity contribution in [1.29, 1.82) is 0 Å². The van der Waals surface area contributed by atoms with E-state index >= 15 is 0 Å². The van der Waals surface area contributed by atoms with Gasteiger partial charge in [0.2, 0.25) is 5.91 Å². The molecule has 1 aliphatic carbocycles. The molecule has 2 N–H and O–H groups in total. The lowest BCUT2D eigenvalue weighted by Crippen LogP contribution is -2.60. The summed E-state index contributed by atoms with van der Waals surface area (Å²) >= 11 is 0. The lowest BCUT2D eigenvalue weighted by Gasteiger charge is -2.45. The fourth-order valence-electron chi connectivity index (χ4n) is 4.62. The Morgan fingerprint density at radius 1 is 1.10 bits per heavy atom. The molecule has 0 radical (unpaired) electrons. The molecule has 3 atom stereocenters. The Kier molecular flexibility index (Phi) is 5.78. The summed E-state index contributed by atoms with van der Waals surface area (Å²) in [5, 5.41) is 15.8. The van der Waals surface area contributed by atoms with Crippen LogP contribution in [-0.4, -0.2) is 76.1 Å². The summed E-state index contributed by atoms with van der Waals surface area (Å²) in [4.78, 5) is 32.9. The maximum Gasteiger partial charge on any atom is 0.270 e. The van der Waals surface area contributed by atoms with Crippen molar-refractivity contribution in [3.05, 3.63) is 42.2 Å². The summed E-state index contributed by atoms with van der Waals surface area (Å²) in [7, 11) is 0. The molecule has 154 valence electrons. The van der Waals surface area contributed by atoms with Gasteiger partial charge in [0.1, 0.15) is 5.69 Å². The van der Waals surface area contributed by atoms with Crippen LogP contribution >= 0.6 is 0 Å². The van der Waals surface area contributed by atoms with Crippen LogP contribution in [0.2, 0.25) is 0 Å². The summed E-state index contributed by atoms with van der Waals surface area (Å²) in [6, 6.07) is 9.28. The average molecular weight is 396 g/mol. The molecule has 2 heterocycles. The zero-order valence-corrected chi connectivity index (χ0v) is 16.8. The molecular weight excluding hydrogens is 368 g/mol. The van der Waals surface area contributed by atoms with E-state index in [1.54, 1.807) is 13.1 Å². The molecule has 0 spiro atoms. The molecule has 1 aromatic heterocycles. The second-order valence-electron chi connectivity index (χ2n) is 7.99. The van der Waals surface area contributed by atoms with Crippen molar-refractivity contribution in [2.75, 3.05) is 26.2 Å². The van der Waals surface area contributed by atoms with Crippen LogP contribution in [-0.2, 0) is 4.79 Å². The molecule has 2 fully saturated rings. The molecule has 7 heteroatoms. The van der Waals surface area contributed by atoms with E-state index in [9.17, 15) is 14.7 Å². The average Bonchev–Trinajstić information content (AvgIpc) is 2.75. The van der Waals surface area contributed by atoms with Crippen LogP contribution in [0.1, 0.15) is 36.7 Å². The number of amides is 2. The van der Waals surface area contributed by atoms with Gasteiger partial charge in [0.25, 0.3) is 5.91 Å². The lowest BCUT2D eigenvalue weighted by atomic mass is 9.86. The number of benzene rings is 1. The molecule has 2 aromatic rings. The number of aliphatic hydroxyl groups is 1. The predicted molar refractivity (Wildman–Crippen MR) is 110 cm³/mol. The van der Waals surface area contributed by atoms with Crippen LogP contribution < -0.4 is 5.32 Å². The van der Waals surface area contributed by atoms with Crippen molar-refractivity contribution in [2.45, 2.75) is 44.4 Å². The Bertz CT molecular complexity index is 889. The SMILES string of the molecule is CC(=O)N1CCN([C@@H]2CCC[C@@H](NC(=O)c3nccc4ccccc34)[C@H]2O)CC1. The topological polar surface area (TPSA) is 85.8 Å². The lowest BCUT2D eigenvalue weighted by molar-refractivity contribution is -0.131. The highest BCUT2D eigenvalue weighted by atomic mass is 16.3.